The van der Waals surface area contributed by atoms with Crippen LogP contribution in [0, 0.1) is 0 Å². The number of hydrogen-bond donors (Lipinski definition) is 1. The maximum Gasteiger partial charge on any atom is 0.328 e. The van der Waals surface area contributed by atoms with Crippen LogP contribution in [0.2, 0.25) is 0 Å². The van der Waals surface area contributed by atoms with Crippen LogP contribution in [0.1, 0.15) is 44.2 Å². The Morgan fingerprint density at radius 3 is 2.62 bits per heavy atom. The Morgan fingerprint density at radius 2 is 2.00 bits per heavy atom. The van der Waals surface area contributed by atoms with E-state index in [1.54, 1.807) is 0 Å². The van der Waals surface area contributed by atoms with Crippen LogP contribution in [-0.4, -0.2) is 41.8 Å². The molecule has 0 spiro atoms. The molecule has 1 aliphatic rings. The van der Waals surface area contributed by atoms with E-state index < -0.39 is 6.04 Å². The molecule has 0 amide bonds. The Hall–Kier alpha value is -1.39. The Bertz CT molecular complexity index is 449. The Kier molecular flexibility index (Phi) is 5.76. The molecule has 0 bridgehead atoms. The number of rotatable bonds is 5. The first-order valence-electron chi connectivity index (χ1n) is 7.76. The van der Waals surface area contributed by atoms with Gasteiger partial charge in [-0.05, 0) is 32.4 Å². The van der Waals surface area contributed by atoms with E-state index in [4.69, 9.17) is 4.74 Å². The molecule has 1 fully saturated rings. The number of aliphatic hydroxyl groups excluding tert-OH is 1. The van der Waals surface area contributed by atoms with Crippen molar-refractivity contribution in [3.8, 4) is 0 Å². The smallest absolute Gasteiger partial charge is 0.328 e. The molecule has 1 aromatic carbocycles. The summed E-state index contributed by atoms with van der Waals surface area (Å²) in [5, 5.41) is 10.3. The molecule has 4 nitrogen and oxygen atoms in total. The summed E-state index contributed by atoms with van der Waals surface area (Å²) in [6.45, 7) is 2.18. The molecule has 1 saturated carbocycles. The Morgan fingerprint density at radius 1 is 1.33 bits per heavy atom. The van der Waals surface area contributed by atoms with Gasteiger partial charge in [-0.15, -0.1) is 0 Å². The second-order valence-corrected chi connectivity index (χ2v) is 5.65. The molecule has 0 aliphatic heterocycles. The summed E-state index contributed by atoms with van der Waals surface area (Å²) < 4.78 is 5.24. The minimum Gasteiger partial charge on any atom is -0.465 e. The fraction of sp³-hybridized carbons (Fsp3) is 0.588. The van der Waals surface area contributed by atoms with Crippen molar-refractivity contribution in [1.29, 1.82) is 0 Å². The molecule has 21 heavy (non-hydrogen) atoms. The topological polar surface area (TPSA) is 49.8 Å². The van der Waals surface area contributed by atoms with Crippen LogP contribution in [0.3, 0.4) is 0 Å². The highest BCUT2D eigenvalue weighted by Crippen LogP contribution is 2.30. The molecular formula is C17H25NO3. The molecule has 0 saturated heterocycles. The van der Waals surface area contributed by atoms with Gasteiger partial charge < -0.3 is 9.84 Å². The normalized spacial score (nSPS) is 23.8. The summed E-state index contributed by atoms with van der Waals surface area (Å²) in [5.41, 5.74) is 0.913. The third kappa shape index (κ3) is 3.83. The molecule has 1 N–H and O–H groups in total. The number of hydrogen-bond acceptors (Lipinski definition) is 4. The maximum absolute atomic E-state index is 12.4. The zero-order chi connectivity index (χ0) is 15.2. The third-order valence-corrected chi connectivity index (χ3v) is 4.25. The predicted octanol–water partition coefficient (Wildman–Crippen LogP) is 2.53. The lowest BCUT2D eigenvalue weighted by Gasteiger charge is -2.39. The van der Waals surface area contributed by atoms with E-state index in [9.17, 15) is 9.90 Å². The van der Waals surface area contributed by atoms with Crippen molar-refractivity contribution >= 4 is 5.97 Å². The van der Waals surface area contributed by atoms with Gasteiger partial charge in [0.05, 0.1) is 12.7 Å². The number of likely N-dealkylation sites (N-methyl/N-ethyl adjacent to an activating group) is 1. The van der Waals surface area contributed by atoms with Crippen LogP contribution >= 0.6 is 0 Å². The van der Waals surface area contributed by atoms with Gasteiger partial charge in [0.2, 0.25) is 0 Å². The molecule has 0 radical (unpaired) electrons. The number of carbonyl (C=O) groups excluding carboxylic acids is 1. The van der Waals surface area contributed by atoms with Gasteiger partial charge in [-0.25, -0.2) is 4.79 Å². The number of esters is 1. The van der Waals surface area contributed by atoms with Gasteiger partial charge in [0.1, 0.15) is 6.04 Å². The Labute approximate surface area is 126 Å². The highest BCUT2D eigenvalue weighted by Gasteiger charge is 2.35. The maximum atomic E-state index is 12.4. The van der Waals surface area contributed by atoms with Gasteiger partial charge in [0.15, 0.2) is 0 Å². The zero-order valence-corrected chi connectivity index (χ0v) is 12.9. The van der Waals surface area contributed by atoms with Crippen molar-refractivity contribution in [2.75, 3.05) is 13.7 Å². The lowest BCUT2D eigenvalue weighted by atomic mass is 9.90. The number of carbonyl (C=O) groups is 1. The molecule has 2 rings (SSSR count). The second-order valence-electron chi connectivity index (χ2n) is 5.65. The molecular weight excluding hydrogens is 266 g/mol. The molecule has 3 atom stereocenters. The number of ether oxygens (including phenoxy) is 1. The largest absolute Gasteiger partial charge is 0.465 e. The Balaban J connectivity index is 2.24. The summed E-state index contributed by atoms with van der Waals surface area (Å²) in [7, 11) is 1.91. The van der Waals surface area contributed by atoms with Gasteiger partial charge in [0, 0.05) is 6.04 Å². The monoisotopic (exact) mass is 291 g/mol. The minimum atomic E-state index is -0.455. The predicted molar refractivity (Wildman–Crippen MR) is 81.8 cm³/mol. The first kappa shape index (κ1) is 16.0. The van der Waals surface area contributed by atoms with Crippen LogP contribution in [0.25, 0.3) is 0 Å². The van der Waals surface area contributed by atoms with E-state index in [-0.39, 0.29) is 18.1 Å². The molecule has 3 unspecified atom stereocenters. The van der Waals surface area contributed by atoms with E-state index >= 15 is 0 Å². The van der Waals surface area contributed by atoms with E-state index in [0.717, 1.165) is 31.2 Å². The highest BCUT2D eigenvalue weighted by molar-refractivity contribution is 5.77. The molecule has 116 valence electrons. The molecule has 1 aliphatic carbocycles. The third-order valence-electron chi connectivity index (χ3n) is 4.25. The van der Waals surface area contributed by atoms with E-state index in [1.807, 2.05) is 49.2 Å². The number of aliphatic hydroxyl groups is 1. The van der Waals surface area contributed by atoms with Gasteiger partial charge in [-0.3, -0.25) is 4.90 Å². The summed E-state index contributed by atoms with van der Waals surface area (Å²) in [6.07, 6.45) is 3.50. The van der Waals surface area contributed by atoms with Gasteiger partial charge >= 0.3 is 5.97 Å². The van der Waals surface area contributed by atoms with Crippen LogP contribution < -0.4 is 0 Å². The fourth-order valence-electron chi connectivity index (χ4n) is 3.15. The van der Waals surface area contributed by atoms with Crippen molar-refractivity contribution in [2.24, 2.45) is 0 Å². The summed E-state index contributed by atoms with van der Waals surface area (Å²) >= 11 is 0. The quantitative estimate of drug-likeness (QED) is 0.847. The molecule has 0 heterocycles. The molecule has 0 aromatic heterocycles. The molecule has 4 heteroatoms. The van der Waals surface area contributed by atoms with Crippen molar-refractivity contribution in [3.63, 3.8) is 0 Å². The van der Waals surface area contributed by atoms with Gasteiger partial charge in [0.25, 0.3) is 0 Å². The van der Waals surface area contributed by atoms with E-state index in [1.165, 1.54) is 0 Å². The second kappa shape index (κ2) is 7.57. The average molecular weight is 291 g/mol. The van der Waals surface area contributed by atoms with E-state index in [0.29, 0.717) is 6.61 Å². The SMILES string of the molecule is CCOC(=O)C(c1ccccc1)N(C)C1CCCCC1O. The van der Waals surface area contributed by atoms with Crippen molar-refractivity contribution < 1.29 is 14.6 Å². The van der Waals surface area contributed by atoms with Crippen molar-refractivity contribution in [3.05, 3.63) is 35.9 Å². The lowest BCUT2D eigenvalue weighted by Crippen LogP contribution is -2.47. The summed E-state index contributed by atoms with van der Waals surface area (Å²) in [5.74, 6) is -0.246. The summed E-state index contributed by atoms with van der Waals surface area (Å²) in [6, 6.07) is 9.21. The summed E-state index contributed by atoms with van der Waals surface area (Å²) in [4.78, 5) is 14.4. The zero-order valence-electron chi connectivity index (χ0n) is 12.9. The highest BCUT2D eigenvalue weighted by atomic mass is 16.5. The van der Waals surface area contributed by atoms with Crippen molar-refractivity contribution in [2.45, 2.75) is 50.8 Å². The number of nitrogens with zero attached hydrogens (tertiary/aromatic N) is 1. The van der Waals surface area contributed by atoms with Crippen LogP contribution in [0.15, 0.2) is 30.3 Å². The van der Waals surface area contributed by atoms with Crippen LogP contribution in [-0.2, 0) is 9.53 Å². The first-order chi connectivity index (χ1) is 10.1. The fourth-order valence-corrected chi connectivity index (χ4v) is 3.15. The van der Waals surface area contributed by atoms with Crippen LogP contribution in [0.4, 0.5) is 0 Å². The molecule has 1 aromatic rings. The minimum absolute atomic E-state index is 0.00774. The first-order valence-corrected chi connectivity index (χ1v) is 7.76. The van der Waals surface area contributed by atoms with Gasteiger partial charge in [-0.1, -0.05) is 43.2 Å². The lowest BCUT2D eigenvalue weighted by molar-refractivity contribution is -0.151. The van der Waals surface area contributed by atoms with Crippen LogP contribution in [0.5, 0.6) is 0 Å². The van der Waals surface area contributed by atoms with E-state index in [2.05, 4.69) is 0 Å². The standard InChI is InChI=1S/C17H25NO3/c1-3-21-17(20)16(13-9-5-4-6-10-13)18(2)14-11-7-8-12-15(14)19/h4-6,9-10,14-16,19H,3,7-8,11-12H2,1-2H3. The number of benzene rings is 1. The van der Waals surface area contributed by atoms with Crippen molar-refractivity contribution in [1.82, 2.24) is 4.90 Å². The van der Waals surface area contributed by atoms with Gasteiger partial charge in [-0.2, -0.15) is 0 Å². The average Bonchev–Trinajstić information content (AvgIpc) is 2.49.